The normalized spacial score (nSPS) is 16.9. The van der Waals surface area contributed by atoms with Gasteiger partial charge in [-0.1, -0.05) is 12.1 Å². The van der Waals surface area contributed by atoms with Crippen LogP contribution >= 0.6 is 0 Å². The van der Waals surface area contributed by atoms with Gasteiger partial charge in [0.05, 0.1) is 23.6 Å². The highest BCUT2D eigenvalue weighted by Crippen LogP contribution is 2.40. The number of ether oxygens (including phenoxy) is 2. The van der Waals surface area contributed by atoms with Gasteiger partial charge in [-0.05, 0) is 53.2 Å². The summed E-state index contributed by atoms with van der Waals surface area (Å²) in [6, 6.07) is 5.54. The lowest BCUT2D eigenvalue weighted by Gasteiger charge is -2.25. The van der Waals surface area contributed by atoms with Crippen LogP contribution in [0.25, 0.3) is 5.57 Å². The molecule has 0 spiro atoms. The number of esters is 1. The zero-order valence-electron chi connectivity index (χ0n) is 15.4. The standard InChI is InChI=1S/C19H25NO4/c1-11-9-8-10-12(23-7)13(11)14-15(19(5,6)20-16(14)21)24-17(22)18(2,3)4/h8-10H,1-7H3,(H,20,21). The molecule has 0 saturated carbocycles. The molecule has 0 radical (unpaired) electrons. The van der Waals surface area contributed by atoms with Crippen LogP contribution in [0.3, 0.4) is 0 Å². The van der Waals surface area contributed by atoms with Crippen molar-refractivity contribution in [1.82, 2.24) is 5.32 Å². The lowest BCUT2D eigenvalue weighted by Crippen LogP contribution is -2.40. The van der Waals surface area contributed by atoms with E-state index in [-0.39, 0.29) is 11.9 Å². The van der Waals surface area contributed by atoms with Crippen molar-refractivity contribution in [1.29, 1.82) is 0 Å². The Labute approximate surface area is 143 Å². The minimum Gasteiger partial charge on any atom is -0.496 e. The molecule has 5 heteroatoms. The first-order chi connectivity index (χ1) is 11.0. The van der Waals surface area contributed by atoms with Crippen molar-refractivity contribution in [3.05, 3.63) is 35.1 Å². The predicted octanol–water partition coefficient (Wildman–Crippen LogP) is 3.21. The maximum absolute atomic E-state index is 12.6. The molecule has 1 aromatic carbocycles. The van der Waals surface area contributed by atoms with Gasteiger partial charge in [0.2, 0.25) is 0 Å². The number of hydrogen-bond acceptors (Lipinski definition) is 4. The number of carbonyl (C=O) groups is 2. The van der Waals surface area contributed by atoms with Gasteiger partial charge in [-0.25, -0.2) is 0 Å². The number of nitrogens with one attached hydrogen (secondary N) is 1. The number of amides is 1. The average molecular weight is 331 g/mol. The van der Waals surface area contributed by atoms with Crippen LogP contribution in [-0.2, 0) is 14.3 Å². The van der Waals surface area contributed by atoms with Crippen LogP contribution in [-0.4, -0.2) is 24.5 Å². The highest BCUT2D eigenvalue weighted by atomic mass is 16.5. The average Bonchev–Trinajstić information content (AvgIpc) is 2.67. The fraction of sp³-hybridized carbons (Fsp3) is 0.474. The van der Waals surface area contributed by atoms with Crippen LogP contribution in [0.4, 0.5) is 0 Å². The first kappa shape index (κ1) is 18.0. The number of benzene rings is 1. The van der Waals surface area contributed by atoms with Crippen LogP contribution in [0, 0.1) is 12.3 Å². The molecule has 0 fully saturated rings. The third kappa shape index (κ3) is 3.16. The maximum Gasteiger partial charge on any atom is 0.316 e. The molecule has 24 heavy (non-hydrogen) atoms. The third-order valence-electron chi connectivity index (χ3n) is 3.96. The second kappa shape index (κ2) is 5.96. The molecule has 1 aliphatic heterocycles. The van der Waals surface area contributed by atoms with Crippen LogP contribution in [0.5, 0.6) is 5.75 Å². The van der Waals surface area contributed by atoms with Gasteiger partial charge in [-0.2, -0.15) is 0 Å². The van der Waals surface area contributed by atoms with Crippen molar-refractivity contribution >= 4 is 17.4 Å². The van der Waals surface area contributed by atoms with Crippen molar-refractivity contribution in [2.75, 3.05) is 7.11 Å². The third-order valence-corrected chi connectivity index (χ3v) is 3.96. The molecule has 1 N–H and O–H groups in total. The van der Waals surface area contributed by atoms with Gasteiger partial charge in [0.1, 0.15) is 11.5 Å². The van der Waals surface area contributed by atoms with Gasteiger partial charge in [0.25, 0.3) is 5.91 Å². The van der Waals surface area contributed by atoms with Crippen molar-refractivity contribution in [3.63, 3.8) is 0 Å². The van der Waals surface area contributed by atoms with Crippen LogP contribution in [0.1, 0.15) is 45.7 Å². The molecule has 1 aliphatic rings. The van der Waals surface area contributed by atoms with Gasteiger partial charge in [-0.3, -0.25) is 9.59 Å². The largest absolute Gasteiger partial charge is 0.496 e. The summed E-state index contributed by atoms with van der Waals surface area (Å²) in [5, 5.41) is 2.88. The van der Waals surface area contributed by atoms with Crippen LogP contribution in [0.2, 0.25) is 0 Å². The van der Waals surface area contributed by atoms with E-state index < -0.39 is 11.0 Å². The molecule has 2 rings (SSSR count). The van der Waals surface area contributed by atoms with E-state index in [0.717, 1.165) is 5.56 Å². The number of rotatable bonds is 3. The van der Waals surface area contributed by atoms with E-state index in [2.05, 4.69) is 5.32 Å². The number of hydrogen-bond donors (Lipinski definition) is 1. The summed E-state index contributed by atoms with van der Waals surface area (Å²) in [6.45, 7) is 10.9. The van der Waals surface area contributed by atoms with Gasteiger partial charge in [0, 0.05) is 5.56 Å². The Morgan fingerprint density at radius 3 is 2.38 bits per heavy atom. The Morgan fingerprint density at radius 1 is 1.21 bits per heavy atom. The molecule has 0 atom stereocenters. The van der Waals surface area contributed by atoms with E-state index in [1.54, 1.807) is 33.9 Å². The molecule has 0 saturated heterocycles. The Balaban J connectivity index is 2.68. The Hall–Kier alpha value is -2.30. The van der Waals surface area contributed by atoms with Gasteiger partial charge >= 0.3 is 5.97 Å². The molecule has 5 nitrogen and oxygen atoms in total. The summed E-state index contributed by atoms with van der Waals surface area (Å²) >= 11 is 0. The summed E-state index contributed by atoms with van der Waals surface area (Å²) in [6.07, 6.45) is 0. The van der Waals surface area contributed by atoms with Gasteiger partial charge < -0.3 is 14.8 Å². The fourth-order valence-corrected chi connectivity index (χ4v) is 2.60. The minimum absolute atomic E-state index is 0.274. The summed E-state index contributed by atoms with van der Waals surface area (Å²) < 4.78 is 11.1. The first-order valence-corrected chi connectivity index (χ1v) is 7.92. The molecule has 1 aromatic rings. The van der Waals surface area contributed by atoms with E-state index >= 15 is 0 Å². The Morgan fingerprint density at radius 2 is 1.83 bits per heavy atom. The predicted molar refractivity (Wildman–Crippen MR) is 92.4 cm³/mol. The quantitative estimate of drug-likeness (QED) is 0.864. The summed E-state index contributed by atoms with van der Waals surface area (Å²) in [5.74, 6) is 0.249. The summed E-state index contributed by atoms with van der Waals surface area (Å²) in [7, 11) is 1.55. The zero-order valence-corrected chi connectivity index (χ0v) is 15.4. The van der Waals surface area contributed by atoms with Crippen molar-refractivity contribution in [3.8, 4) is 5.75 Å². The highest BCUT2D eigenvalue weighted by Gasteiger charge is 2.43. The van der Waals surface area contributed by atoms with Crippen LogP contribution in [0.15, 0.2) is 24.0 Å². The highest BCUT2D eigenvalue weighted by molar-refractivity contribution is 6.24. The Bertz CT molecular complexity index is 723. The molecular weight excluding hydrogens is 306 g/mol. The second-order valence-corrected chi connectivity index (χ2v) is 7.57. The fourth-order valence-electron chi connectivity index (χ4n) is 2.60. The van der Waals surface area contributed by atoms with Crippen molar-refractivity contribution in [2.45, 2.75) is 47.1 Å². The first-order valence-electron chi connectivity index (χ1n) is 7.92. The van der Waals surface area contributed by atoms with Gasteiger partial charge in [-0.15, -0.1) is 0 Å². The van der Waals surface area contributed by atoms with E-state index in [1.165, 1.54) is 0 Å². The molecule has 0 bridgehead atoms. The molecule has 1 amide bonds. The van der Waals surface area contributed by atoms with E-state index in [1.807, 2.05) is 32.9 Å². The molecule has 0 unspecified atom stereocenters. The number of carbonyl (C=O) groups excluding carboxylic acids is 2. The molecular formula is C19H25NO4. The lowest BCUT2D eigenvalue weighted by atomic mass is 9.94. The van der Waals surface area contributed by atoms with E-state index in [9.17, 15) is 9.59 Å². The van der Waals surface area contributed by atoms with E-state index in [4.69, 9.17) is 9.47 Å². The SMILES string of the molecule is COc1cccc(C)c1C1=C(OC(=O)C(C)(C)C)C(C)(C)NC1=O. The minimum atomic E-state index is -0.777. The zero-order chi connectivity index (χ0) is 18.3. The number of aryl methyl sites for hydroxylation is 1. The maximum atomic E-state index is 12.6. The Kier molecular flexibility index (Phi) is 4.48. The molecule has 1 heterocycles. The van der Waals surface area contributed by atoms with Gasteiger partial charge in [0.15, 0.2) is 0 Å². The van der Waals surface area contributed by atoms with Crippen LogP contribution < -0.4 is 10.1 Å². The topological polar surface area (TPSA) is 64.6 Å². The van der Waals surface area contributed by atoms with Crippen molar-refractivity contribution in [2.24, 2.45) is 5.41 Å². The molecule has 0 aliphatic carbocycles. The van der Waals surface area contributed by atoms with E-state index in [0.29, 0.717) is 22.6 Å². The lowest BCUT2D eigenvalue weighted by molar-refractivity contribution is -0.149. The smallest absolute Gasteiger partial charge is 0.316 e. The molecule has 0 aromatic heterocycles. The summed E-state index contributed by atoms with van der Waals surface area (Å²) in [4.78, 5) is 25.0. The summed E-state index contributed by atoms with van der Waals surface area (Å²) in [5.41, 5.74) is 0.435. The second-order valence-electron chi connectivity index (χ2n) is 7.57. The molecule has 130 valence electrons. The number of methoxy groups -OCH3 is 1. The van der Waals surface area contributed by atoms with Crippen molar-refractivity contribution < 1.29 is 19.1 Å². The monoisotopic (exact) mass is 331 g/mol.